The van der Waals surface area contributed by atoms with Gasteiger partial charge in [0.25, 0.3) is 0 Å². The van der Waals surface area contributed by atoms with Crippen LogP contribution in [0.15, 0.2) is 12.1 Å². The average molecular weight is 319 g/mol. The smallest absolute Gasteiger partial charge is 0.163 e. The predicted molar refractivity (Wildman–Crippen MR) is 94.1 cm³/mol. The Labute approximate surface area is 138 Å². The molecular weight excluding hydrogens is 290 g/mol. The zero-order valence-electron chi connectivity index (χ0n) is 14.9. The third-order valence-electron chi connectivity index (χ3n) is 4.14. The summed E-state index contributed by atoms with van der Waals surface area (Å²) in [4.78, 5) is 4.80. The first kappa shape index (κ1) is 17.6. The molecule has 5 nitrogen and oxygen atoms in total. The zero-order valence-corrected chi connectivity index (χ0v) is 14.9. The first-order chi connectivity index (χ1) is 11.0. The van der Waals surface area contributed by atoms with Gasteiger partial charge in [-0.3, -0.25) is 0 Å². The van der Waals surface area contributed by atoms with Crippen LogP contribution in [0.1, 0.15) is 51.9 Å². The molecule has 0 aliphatic heterocycles. The molecule has 23 heavy (non-hydrogen) atoms. The molecular formula is C18H29N3O2. The summed E-state index contributed by atoms with van der Waals surface area (Å²) in [6.45, 7) is 7.52. The van der Waals surface area contributed by atoms with Gasteiger partial charge in [0.15, 0.2) is 11.5 Å². The highest BCUT2D eigenvalue weighted by molar-refractivity contribution is 5.80. The summed E-state index contributed by atoms with van der Waals surface area (Å²) in [6, 6.07) is 3.89. The summed E-state index contributed by atoms with van der Waals surface area (Å²) in [5, 5.41) is 0. The number of hydrogen-bond acceptors (Lipinski definition) is 4. The third-order valence-corrected chi connectivity index (χ3v) is 4.14. The first-order valence-electron chi connectivity index (χ1n) is 8.39. The molecule has 1 heterocycles. The van der Waals surface area contributed by atoms with Gasteiger partial charge in [-0.05, 0) is 18.8 Å². The monoisotopic (exact) mass is 319 g/mol. The maximum atomic E-state index is 6.37. The van der Waals surface area contributed by atoms with E-state index in [-0.39, 0.29) is 6.04 Å². The molecule has 0 amide bonds. The minimum Gasteiger partial charge on any atom is -0.493 e. The fourth-order valence-electron chi connectivity index (χ4n) is 2.82. The summed E-state index contributed by atoms with van der Waals surface area (Å²) in [5.41, 5.74) is 8.34. The van der Waals surface area contributed by atoms with Crippen LogP contribution in [-0.2, 0) is 6.54 Å². The van der Waals surface area contributed by atoms with E-state index in [2.05, 4.69) is 25.3 Å². The largest absolute Gasteiger partial charge is 0.493 e. The van der Waals surface area contributed by atoms with Gasteiger partial charge in [0.05, 0.1) is 31.3 Å². The van der Waals surface area contributed by atoms with Crippen molar-refractivity contribution in [2.75, 3.05) is 14.2 Å². The Balaban J connectivity index is 2.56. The Morgan fingerprint density at radius 3 is 2.35 bits per heavy atom. The van der Waals surface area contributed by atoms with E-state index in [1.54, 1.807) is 14.2 Å². The summed E-state index contributed by atoms with van der Waals surface area (Å²) >= 11 is 0. The topological polar surface area (TPSA) is 62.3 Å². The number of imidazole rings is 1. The lowest BCUT2D eigenvalue weighted by molar-refractivity contribution is 0.355. The maximum Gasteiger partial charge on any atom is 0.163 e. The van der Waals surface area contributed by atoms with E-state index in [9.17, 15) is 0 Å². The van der Waals surface area contributed by atoms with Crippen molar-refractivity contribution in [3.8, 4) is 11.5 Å². The van der Waals surface area contributed by atoms with Crippen molar-refractivity contribution in [1.29, 1.82) is 0 Å². The predicted octanol–water partition coefficient (Wildman–Crippen LogP) is 3.90. The van der Waals surface area contributed by atoms with Gasteiger partial charge in [-0.1, -0.05) is 27.2 Å². The lowest BCUT2D eigenvalue weighted by Crippen LogP contribution is -2.17. The number of hydrogen-bond donors (Lipinski definition) is 1. The van der Waals surface area contributed by atoms with Gasteiger partial charge >= 0.3 is 0 Å². The van der Waals surface area contributed by atoms with Gasteiger partial charge < -0.3 is 19.8 Å². The number of aromatic nitrogens is 2. The van der Waals surface area contributed by atoms with Crippen LogP contribution in [0, 0.1) is 5.92 Å². The van der Waals surface area contributed by atoms with Gasteiger partial charge in [-0.15, -0.1) is 0 Å². The van der Waals surface area contributed by atoms with Crippen molar-refractivity contribution >= 4 is 11.0 Å². The number of fused-ring (bicyclic) bond motifs is 1. The first-order valence-corrected chi connectivity index (χ1v) is 8.39. The molecule has 0 saturated carbocycles. The van der Waals surface area contributed by atoms with Crippen LogP contribution in [0.3, 0.4) is 0 Å². The number of ether oxygens (including phenoxy) is 2. The molecule has 128 valence electrons. The second kappa shape index (κ2) is 7.68. The van der Waals surface area contributed by atoms with Crippen molar-refractivity contribution in [2.24, 2.45) is 11.7 Å². The number of rotatable bonds is 8. The molecule has 0 fully saturated rings. The number of nitrogens with two attached hydrogens (primary N) is 1. The molecule has 2 rings (SSSR count). The molecule has 1 atom stereocenters. The molecule has 2 N–H and O–H groups in total. The third kappa shape index (κ3) is 3.78. The van der Waals surface area contributed by atoms with Crippen LogP contribution in [0.2, 0.25) is 0 Å². The molecule has 0 aliphatic rings. The summed E-state index contributed by atoms with van der Waals surface area (Å²) in [5.74, 6) is 3.01. The van der Waals surface area contributed by atoms with Gasteiger partial charge in [-0.25, -0.2) is 4.98 Å². The average Bonchev–Trinajstić information content (AvgIpc) is 2.89. The fraction of sp³-hybridized carbons (Fsp3) is 0.611. The Morgan fingerprint density at radius 1 is 1.13 bits per heavy atom. The van der Waals surface area contributed by atoms with E-state index in [4.69, 9.17) is 20.2 Å². The van der Waals surface area contributed by atoms with Crippen LogP contribution >= 0.6 is 0 Å². The summed E-state index contributed by atoms with van der Waals surface area (Å²) in [7, 11) is 3.30. The molecule has 5 heteroatoms. The summed E-state index contributed by atoms with van der Waals surface area (Å²) < 4.78 is 13.1. The molecule has 0 saturated heterocycles. The van der Waals surface area contributed by atoms with Gasteiger partial charge in [0.2, 0.25) is 0 Å². The number of methoxy groups -OCH3 is 2. The lowest BCUT2D eigenvalue weighted by Gasteiger charge is -2.15. The van der Waals surface area contributed by atoms with Crippen LogP contribution in [0.4, 0.5) is 0 Å². The van der Waals surface area contributed by atoms with Gasteiger partial charge in [0, 0.05) is 18.7 Å². The van der Waals surface area contributed by atoms with E-state index < -0.39 is 0 Å². The minimum absolute atomic E-state index is 0.0449. The van der Waals surface area contributed by atoms with Crippen LogP contribution in [0.25, 0.3) is 11.0 Å². The molecule has 0 aliphatic carbocycles. The number of nitrogens with zero attached hydrogens (tertiary/aromatic N) is 2. The molecule has 1 aromatic heterocycles. The Kier molecular flexibility index (Phi) is 5.88. The van der Waals surface area contributed by atoms with Crippen molar-refractivity contribution in [1.82, 2.24) is 9.55 Å². The number of aryl methyl sites for hydroxylation is 1. The second-order valence-corrected chi connectivity index (χ2v) is 6.40. The van der Waals surface area contributed by atoms with Crippen molar-refractivity contribution in [3.63, 3.8) is 0 Å². The van der Waals surface area contributed by atoms with E-state index in [1.807, 2.05) is 12.1 Å². The molecule has 1 aromatic carbocycles. The molecule has 0 radical (unpaired) electrons. The Bertz CT molecular complexity index is 649. The highest BCUT2D eigenvalue weighted by atomic mass is 16.5. The SMILES string of the molecule is CCCC(N)c1nc2cc(OC)c(OC)cc2n1CCC(C)C. The van der Waals surface area contributed by atoms with Gasteiger partial charge in [0.1, 0.15) is 5.82 Å². The fourth-order valence-corrected chi connectivity index (χ4v) is 2.82. The van der Waals surface area contributed by atoms with Crippen molar-refractivity contribution in [3.05, 3.63) is 18.0 Å². The van der Waals surface area contributed by atoms with Crippen LogP contribution in [-0.4, -0.2) is 23.8 Å². The summed E-state index contributed by atoms with van der Waals surface area (Å²) in [6.07, 6.45) is 3.06. The number of benzene rings is 1. The van der Waals surface area contributed by atoms with Crippen LogP contribution in [0.5, 0.6) is 11.5 Å². The second-order valence-electron chi connectivity index (χ2n) is 6.40. The van der Waals surface area contributed by atoms with E-state index in [0.29, 0.717) is 11.7 Å². The quantitative estimate of drug-likeness (QED) is 0.801. The normalized spacial score (nSPS) is 12.8. The van der Waals surface area contributed by atoms with Crippen molar-refractivity contribution in [2.45, 2.75) is 52.6 Å². The zero-order chi connectivity index (χ0) is 17.0. The highest BCUT2D eigenvalue weighted by Gasteiger charge is 2.19. The molecule has 2 aromatic rings. The van der Waals surface area contributed by atoms with E-state index >= 15 is 0 Å². The Morgan fingerprint density at radius 2 is 1.78 bits per heavy atom. The molecule has 1 unspecified atom stereocenters. The standard InChI is InChI=1S/C18H29N3O2/c1-6-7-13(19)18-20-14-10-16(22-4)17(23-5)11-15(14)21(18)9-8-12(2)3/h10-13H,6-9,19H2,1-5H3. The lowest BCUT2D eigenvalue weighted by atomic mass is 10.1. The Hall–Kier alpha value is -1.75. The maximum absolute atomic E-state index is 6.37. The van der Waals surface area contributed by atoms with E-state index in [1.165, 1.54) is 0 Å². The molecule has 0 bridgehead atoms. The minimum atomic E-state index is -0.0449. The molecule has 0 spiro atoms. The van der Waals surface area contributed by atoms with E-state index in [0.717, 1.165) is 48.4 Å². The van der Waals surface area contributed by atoms with Crippen LogP contribution < -0.4 is 15.2 Å². The van der Waals surface area contributed by atoms with Gasteiger partial charge in [-0.2, -0.15) is 0 Å². The van der Waals surface area contributed by atoms with Crippen molar-refractivity contribution < 1.29 is 9.47 Å². The highest BCUT2D eigenvalue weighted by Crippen LogP contribution is 2.34.